The Morgan fingerprint density at radius 3 is 2.64 bits per heavy atom. The molecule has 1 unspecified atom stereocenters. The molecule has 5 heteroatoms. The number of hydrogen-bond donors (Lipinski definition) is 0. The minimum absolute atomic E-state index is 0.0485. The molecule has 116 valence electrons. The molecule has 0 N–H and O–H groups in total. The second-order valence-electron chi connectivity index (χ2n) is 5.69. The number of morpholine rings is 1. The van der Waals surface area contributed by atoms with Crippen molar-refractivity contribution in [3.8, 4) is 0 Å². The molecule has 1 aromatic carbocycles. The molecule has 1 atom stereocenters. The van der Waals surface area contributed by atoms with Crippen LogP contribution in [0.15, 0.2) is 30.3 Å². The van der Waals surface area contributed by atoms with Gasteiger partial charge in [0.25, 0.3) is 5.91 Å². The fourth-order valence-corrected chi connectivity index (χ4v) is 2.94. The molecule has 3 rings (SSSR count). The molecule has 1 fully saturated rings. The third kappa shape index (κ3) is 2.64. The minimum atomic E-state index is -0.0591. The van der Waals surface area contributed by atoms with Crippen LogP contribution in [-0.4, -0.2) is 40.3 Å². The first kappa shape index (κ1) is 14.8. The molecule has 0 bridgehead atoms. The third-order valence-electron chi connectivity index (χ3n) is 4.25. The highest BCUT2D eigenvalue weighted by molar-refractivity contribution is 5.96. The van der Waals surface area contributed by atoms with Gasteiger partial charge in [-0.15, -0.1) is 0 Å². The van der Waals surface area contributed by atoms with Crippen molar-refractivity contribution in [2.24, 2.45) is 7.05 Å². The first-order chi connectivity index (χ1) is 10.6. The maximum absolute atomic E-state index is 12.8. The van der Waals surface area contributed by atoms with Crippen LogP contribution >= 0.6 is 0 Å². The second kappa shape index (κ2) is 5.93. The van der Waals surface area contributed by atoms with Crippen molar-refractivity contribution in [2.75, 3.05) is 19.7 Å². The summed E-state index contributed by atoms with van der Waals surface area (Å²) in [7, 11) is 1.87. The van der Waals surface area contributed by atoms with Gasteiger partial charge in [-0.1, -0.05) is 30.3 Å². The lowest BCUT2D eigenvalue weighted by molar-refractivity contribution is -0.0228. The highest BCUT2D eigenvalue weighted by atomic mass is 16.5. The lowest BCUT2D eigenvalue weighted by Gasteiger charge is -2.33. The van der Waals surface area contributed by atoms with E-state index in [1.807, 2.05) is 56.1 Å². The van der Waals surface area contributed by atoms with Gasteiger partial charge >= 0.3 is 0 Å². The molecule has 1 amide bonds. The van der Waals surface area contributed by atoms with Crippen molar-refractivity contribution in [3.63, 3.8) is 0 Å². The molecule has 2 heterocycles. The summed E-state index contributed by atoms with van der Waals surface area (Å²) >= 11 is 0. The van der Waals surface area contributed by atoms with Crippen LogP contribution in [-0.2, 0) is 11.8 Å². The monoisotopic (exact) mass is 299 g/mol. The number of aryl methyl sites for hydroxylation is 2. The Morgan fingerprint density at radius 1 is 1.27 bits per heavy atom. The maximum Gasteiger partial charge on any atom is 0.257 e. The summed E-state index contributed by atoms with van der Waals surface area (Å²) in [6, 6.07) is 10.1. The number of benzene rings is 1. The third-order valence-corrected chi connectivity index (χ3v) is 4.25. The lowest BCUT2D eigenvalue weighted by Crippen LogP contribution is -2.42. The Kier molecular flexibility index (Phi) is 3.98. The molecule has 0 radical (unpaired) electrons. The first-order valence-corrected chi connectivity index (χ1v) is 7.54. The van der Waals surface area contributed by atoms with Crippen LogP contribution in [0, 0.1) is 13.8 Å². The van der Waals surface area contributed by atoms with Gasteiger partial charge < -0.3 is 9.64 Å². The minimum Gasteiger partial charge on any atom is -0.370 e. The van der Waals surface area contributed by atoms with Crippen LogP contribution in [0.1, 0.15) is 33.4 Å². The average Bonchev–Trinajstić information content (AvgIpc) is 2.80. The largest absolute Gasteiger partial charge is 0.370 e. The normalized spacial score (nSPS) is 18.5. The van der Waals surface area contributed by atoms with Gasteiger partial charge in [-0.3, -0.25) is 9.48 Å². The fraction of sp³-hybridized carbons (Fsp3) is 0.412. The van der Waals surface area contributed by atoms with Gasteiger partial charge in [-0.25, -0.2) is 0 Å². The van der Waals surface area contributed by atoms with Crippen molar-refractivity contribution >= 4 is 5.91 Å². The van der Waals surface area contributed by atoms with Gasteiger partial charge in [-0.2, -0.15) is 5.10 Å². The van der Waals surface area contributed by atoms with Crippen molar-refractivity contribution in [3.05, 3.63) is 52.8 Å². The van der Waals surface area contributed by atoms with Crippen LogP contribution in [0.25, 0.3) is 0 Å². The first-order valence-electron chi connectivity index (χ1n) is 7.54. The number of ether oxygens (including phenoxy) is 1. The van der Waals surface area contributed by atoms with Gasteiger partial charge in [0.1, 0.15) is 6.10 Å². The zero-order valence-electron chi connectivity index (χ0n) is 13.2. The number of carbonyl (C=O) groups is 1. The summed E-state index contributed by atoms with van der Waals surface area (Å²) in [6.45, 7) is 5.58. The average molecular weight is 299 g/mol. The molecule has 1 aromatic heterocycles. The Balaban J connectivity index is 1.81. The number of nitrogens with zero attached hydrogens (tertiary/aromatic N) is 3. The van der Waals surface area contributed by atoms with E-state index in [2.05, 4.69) is 5.10 Å². The zero-order chi connectivity index (χ0) is 15.7. The predicted octanol–water partition coefficient (Wildman–Crippen LogP) is 2.25. The molecule has 0 aliphatic carbocycles. The summed E-state index contributed by atoms with van der Waals surface area (Å²) in [5.74, 6) is 0.0485. The molecular formula is C17H21N3O2. The Labute approximate surface area is 130 Å². The number of amides is 1. The fourth-order valence-electron chi connectivity index (χ4n) is 2.94. The van der Waals surface area contributed by atoms with Crippen molar-refractivity contribution in [2.45, 2.75) is 20.0 Å². The molecule has 1 saturated heterocycles. The number of hydrogen-bond acceptors (Lipinski definition) is 3. The Bertz CT molecular complexity index is 679. The van der Waals surface area contributed by atoms with E-state index in [1.165, 1.54) is 0 Å². The Hall–Kier alpha value is -2.14. The smallest absolute Gasteiger partial charge is 0.257 e. The van der Waals surface area contributed by atoms with E-state index in [-0.39, 0.29) is 12.0 Å². The van der Waals surface area contributed by atoms with Crippen LogP contribution in [0.3, 0.4) is 0 Å². The van der Waals surface area contributed by atoms with Crippen molar-refractivity contribution in [1.29, 1.82) is 0 Å². The van der Waals surface area contributed by atoms with E-state index in [0.29, 0.717) is 19.7 Å². The lowest BCUT2D eigenvalue weighted by atomic mass is 10.1. The number of rotatable bonds is 2. The van der Waals surface area contributed by atoms with Crippen molar-refractivity contribution in [1.82, 2.24) is 14.7 Å². The molecule has 2 aromatic rings. The van der Waals surface area contributed by atoms with E-state index in [9.17, 15) is 4.79 Å². The summed E-state index contributed by atoms with van der Waals surface area (Å²) < 4.78 is 7.59. The van der Waals surface area contributed by atoms with Gasteiger partial charge in [0.15, 0.2) is 0 Å². The van der Waals surface area contributed by atoms with Crippen LogP contribution in [0.5, 0.6) is 0 Å². The summed E-state index contributed by atoms with van der Waals surface area (Å²) in [4.78, 5) is 14.7. The van der Waals surface area contributed by atoms with E-state index in [4.69, 9.17) is 4.74 Å². The molecule has 5 nitrogen and oxygen atoms in total. The molecule has 22 heavy (non-hydrogen) atoms. The SMILES string of the molecule is Cc1nn(C)c(C)c1C(=O)N1CCOC(c2ccccc2)C1. The van der Waals surface area contributed by atoms with E-state index in [0.717, 1.165) is 22.5 Å². The molecule has 0 saturated carbocycles. The topological polar surface area (TPSA) is 47.4 Å². The van der Waals surface area contributed by atoms with Crippen LogP contribution in [0.2, 0.25) is 0 Å². The van der Waals surface area contributed by atoms with Gasteiger partial charge in [-0.05, 0) is 19.4 Å². The summed E-state index contributed by atoms with van der Waals surface area (Å²) in [5, 5.41) is 4.34. The second-order valence-corrected chi connectivity index (χ2v) is 5.69. The van der Waals surface area contributed by atoms with Crippen LogP contribution < -0.4 is 0 Å². The van der Waals surface area contributed by atoms with Gasteiger partial charge in [0.2, 0.25) is 0 Å². The predicted molar refractivity (Wildman–Crippen MR) is 83.7 cm³/mol. The standard InChI is InChI=1S/C17H21N3O2/c1-12-16(13(2)19(3)18-12)17(21)20-9-10-22-15(11-20)14-7-5-4-6-8-14/h4-8,15H,9-11H2,1-3H3. The Morgan fingerprint density at radius 2 is 2.00 bits per heavy atom. The van der Waals surface area contributed by atoms with E-state index in [1.54, 1.807) is 4.68 Å². The van der Waals surface area contributed by atoms with Crippen molar-refractivity contribution < 1.29 is 9.53 Å². The maximum atomic E-state index is 12.8. The van der Waals surface area contributed by atoms with E-state index < -0.39 is 0 Å². The van der Waals surface area contributed by atoms with Gasteiger partial charge in [0.05, 0.1) is 24.4 Å². The quantitative estimate of drug-likeness (QED) is 0.854. The highest BCUT2D eigenvalue weighted by Crippen LogP contribution is 2.24. The molecule has 1 aliphatic heterocycles. The highest BCUT2D eigenvalue weighted by Gasteiger charge is 2.29. The summed E-state index contributed by atoms with van der Waals surface area (Å²) in [6.07, 6.45) is -0.0591. The number of carbonyl (C=O) groups excluding carboxylic acids is 1. The molecule has 1 aliphatic rings. The molecule has 0 spiro atoms. The van der Waals surface area contributed by atoms with Gasteiger partial charge in [0, 0.05) is 19.3 Å². The zero-order valence-corrected chi connectivity index (χ0v) is 13.2. The van der Waals surface area contributed by atoms with Crippen LogP contribution in [0.4, 0.5) is 0 Å². The number of aromatic nitrogens is 2. The summed E-state index contributed by atoms with van der Waals surface area (Å²) in [5.41, 5.74) is 3.52. The molecular weight excluding hydrogens is 278 g/mol. The van der Waals surface area contributed by atoms with E-state index >= 15 is 0 Å².